The minimum absolute atomic E-state index is 0.339. The van der Waals surface area contributed by atoms with Gasteiger partial charge in [-0.2, -0.15) is 0 Å². The van der Waals surface area contributed by atoms with Gasteiger partial charge in [0.25, 0.3) is 0 Å². The number of hydrogen-bond donors (Lipinski definition) is 0. The minimum Gasteiger partial charge on any atom is -0.494 e. The molecule has 0 radical (unpaired) electrons. The number of aromatic nitrogens is 1. The maximum atomic E-state index is 5.86. The highest BCUT2D eigenvalue weighted by Gasteiger charge is 2.09. The lowest BCUT2D eigenvalue weighted by Crippen LogP contribution is -1.98. The van der Waals surface area contributed by atoms with Crippen molar-refractivity contribution in [3.05, 3.63) is 83.7 Å². The fourth-order valence-electron chi connectivity index (χ4n) is 3.72. The van der Waals surface area contributed by atoms with Gasteiger partial charge >= 0.3 is 0 Å². The third kappa shape index (κ3) is 6.19. The summed E-state index contributed by atoms with van der Waals surface area (Å²) in [5, 5.41) is 0. The van der Waals surface area contributed by atoms with Crippen LogP contribution in [0.2, 0.25) is 0 Å². The Labute approximate surface area is 182 Å². The number of rotatable bonds is 11. The number of nitrogens with zero attached hydrogens (tertiary/aromatic N) is 1. The molecular formula is C28H35NO. The summed E-state index contributed by atoms with van der Waals surface area (Å²) in [7, 11) is 0. The molecule has 0 spiro atoms. The SMILES string of the molecule is CCCCCCOc1ccc(-c2ccc(C(C)c3ccc(CCC)nc3)cc2)cc1. The normalized spacial score (nSPS) is 12.0. The van der Waals surface area contributed by atoms with E-state index in [4.69, 9.17) is 4.74 Å². The summed E-state index contributed by atoms with van der Waals surface area (Å²) in [5.74, 6) is 1.30. The van der Waals surface area contributed by atoms with Crippen LogP contribution in [0.25, 0.3) is 11.1 Å². The number of pyridine rings is 1. The highest BCUT2D eigenvalue weighted by molar-refractivity contribution is 5.64. The van der Waals surface area contributed by atoms with Crippen LogP contribution in [0.15, 0.2) is 66.9 Å². The van der Waals surface area contributed by atoms with Crippen LogP contribution in [-0.4, -0.2) is 11.6 Å². The van der Waals surface area contributed by atoms with Gasteiger partial charge in [-0.3, -0.25) is 4.98 Å². The van der Waals surface area contributed by atoms with Gasteiger partial charge in [0.1, 0.15) is 5.75 Å². The molecule has 0 aliphatic heterocycles. The average Bonchev–Trinajstić information content (AvgIpc) is 2.80. The highest BCUT2D eigenvalue weighted by Crippen LogP contribution is 2.28. The molecule has 0 aliphatic carbocycles. The predicted molar refractivity (Wildman–Crippen MR) is 127 cm³/mol. The number of ether oxygens (including phenoxy) is 1. The van der Waals surface area contributed by atoms with Gasteiger partial charge in [0.2, 0.25) is 0 Å². The molecule has 158 valence electrons. The van der Waals surface area contributed by atoms with Crippen LogP contribution in [0.1, 0.15) is 75.6 Å². The molecule has 2 nitrogen and oxygen atoms in total. The van der Waals surface area contributed by atoms with E-state index in [0.29, 0.717) is 5.92 Å². The van der Waals surface area contributed by atoms with Crippen LogP contribution in [-0.2, 0) is 6.42 Å². The summed E-state index contributed by atoms with van der Waals surface area (Å²) in [5.41, 5.74) is 6.21. The van der Waals surface area contributed by atoms with E-state index in [1.807, 2.05) is 6.20 Å². The maximum absolute atomic E-state index is 5.86. The van der Waals surface area contributed by atoms with E-state index >= 15 is 0 Å². The first kappa shape index (κ1) is 22.1. The van der Waals surface area contributed by atoms with Gasteiger partial charge in [-0.1, -0.05) is 88.9 Å². The zero-order valence-electron chi connectivity index (χ0n) is 18.7. The Morgan fingerprint density at radius 2 is 1.40 bits per heavy atom. The maximum Gasteiger partial charge on any atom is 0.119 e. The number of aryl methyl sites for hydroxylation is 1. The summed E-state index contributed by atoms with van der Waals surface area (Å²) < 4.78 is 5.86. The Morgan fingerprint density at radius 1 is 0.733 bits per heavy atom. The predicted octanol–water partition coefficient (Wildman–Crippen LogP) is 7.81. The molecule has 0 aliphatic rings. The van der Waals surface area contributed by atoms with E-state index in [1.54, 1.807) is 0 Å². The zero-order chi connectivity index (χ0) is 21.2. The van der Waals surface area contributed by atoms with Crippen molar-refractivity contribution in [3.63, 3.8) is 0 Å². The fourth-order valence-corrected chi connectivity index (χ4v) is 3.72. The molecule has 1 unspecified atom stereocenters. The summed E-state index contributed by atoms with van der Waals surface area (Å²) in [6.45, 7) is 7.47. The summed E-state index contributed by atoms with van der Waals surface area (Å²) in [6.07, 6.45) is 9.14. The number of unbranched alkanes of at least 4 members (excludes halogenated alkanes) is 3. The second kappa shape index (κ2) is 11.5. The molecule has 1 heterocycles. The van der Waals surface area contributed by atoms with E-state index in [0.717, 1.165) is 31.6 Å². The summed E-state index contributed by atoms with van der Waals surface area (Å²) in [4.78, 5) is 4.61. The van der Waals surface area contributed by atoms with Crippen molar-refractivity contribution in [1.82, 2.24) is 4.98 Å². The second-order valence-electron chi connectivity index (χ2n) is 8.11. The molecule has 0 saturated carbocycles. The van der Waals surface area contributed by atoms with Gasteiger partial charge in [0.15, 0.2) is 0 Å². The standard InChI is InChI=1S/C28H35NO/c1-4-6-7-8-20-30-28-18-15-25(16-19-28)24-12-10-23(11-13-24)22(3)26-14-17-27(9-5-2)29-21-26/h10-19,21-22H,4-9,20H2,1-3H3. The monoisotopic (exact) mass is 401 g/mol. The van der Waals surface area contributed by atoms with Crippen molar-refractivity contribution in [1.29, 1.82) is 0 Å². The van der Waals surface area contributed by atoms with Gasteiger partial charge in [-0.15, -0.1) is 0 Å². The molecule has 0 N–H and O–H groups in total. The van der Waals surface area contributed by atoms with Crippen molar-refractivity contribution in [3.8, 4) is 16.9 Å². The number of benzene rings is 2. The van der Waals surface area contributed by atoms with Crippen LogP contribution in [0, 0.1) is 0 Å². The second-order valence-corrected chi connectivity index (χ2v) is 8.11. The van der Waals surface area contributed by atoms with Gasteiger partial charge < -0.3 is 4.74 Å². The van der Waals surface area contributed by atoms with Gasteiger partial charge in [0, 0.05) is 17.8 Å². The third-order valence-corrected chi connectivity index (χ3v) is 5.72. The van der Waals surface area contributed by atoms with E-state index in [-0.39, 0.29) is 0 Å². The van der Waals surface area contributed by atoms with Crippen LogP contribution in [0.3, 0.4) is 0 Å². The van der Waals surface area contributed by atoms with Gasteiger partial charge in [-0.25, -0.2) is 0 Å². The lowest BCUT2D eigenvalue weighted by atomic mass is 9.92. The fraction of sp³-hybridized carbons (Fsp3) is 0.393. The lowest BCUT2D eigenvalue weighted by molar-refractivity contribution is 0.305. The van der Waals surface area contributed by atoms with Crippen molar-refractivity contribution in [2.75, 3.05) is 6.61 Å². The first-order valence-corrected chi connectivity index (χ1v) is 11.5. The Morgan fingerprint density at radius 3 is 2.00 bits per heavy atom. The van der Waals surface area contributed by atoms with Gasteiger partial charge in [-0.05, 0) is 53.3 Å². The summed E-state index contributed by atoms with van der Waals surface area (Å²) >= 11 is 0. The highest BCUT2D eigenvalue weighted by atomic mass is 16.5. The van der Waals surface area contributed by atoms with Crippen LogP contribution >= 0.6 is 0 Å². The van der Waals surface area contributed by atoms with Crippen molar-refractivity contribution in [2.24, 2.45) is 0 Å². The quantitative estimate of drug-likeness (QED) is 0.306. The van der Waals surface area contributed by atoms with Crippen molar-refractivity contribution < 1.29 is 4.74 Å². The van der Waals surface area contributed by atoms with E-state index < -0.39 is 0 Å². The summed E-state index contributed by atoms with van der Waals surface area (Å²) in [6, 6.07) is 21.7. The smallest absolute Gasteiger partial charge is 0.119 e. The molecule has 1 atom stereocenters. The number of hydrogen-bond acceptors (Lipinski definition) is 2. The van der Waals surface area contributed by atoms with Crippen molar-refractivity contribution in [2.45, 2.75) is 65.2 Å². The molecule has 2 aromatic carbocycles. The third-order valence-electron chi connectivity index (χ3n) is 5.72. The molecule has 3 aromatic rings. The first-order chi connectivity index (χ1) is 14.7. The Bertz CT molecular complexity index is 866. The molecule has 0 saturated heterocycles. The minimum atomic E-state index is 0.339. The Hall–Kier alpha value is -2.61. The van der Waals surface area contributed by atoms with Crippen LogP contribution < -0.4 is 4.74 Å². The molecule has 1 aromatic heterocycles. The molecule has 2 heteroatoms. The average molecular weight is 402 g/mol. The molecule has 3 rings (SSSR count). The topological polar surface area (TPSA) is 22.1 Å². The molecule has 30 heavy (non-hydrogen) atoms. The zero-order valence-corrected chi connectivity index (χ0v) is 18.7. The first-order valence-electron chi connectivity index (χ1n) is 11.5. The largest absolute Gasteiger partial charge is 0.494 e. The lowest BCUT2D eigenvalue weighted by Gasteiger charge is -2.14. The molecule has 0 amide bonds. The Balaban J connectivity index is 1.59. The van der Waals surface area contributed by atoms with E-state index in [9.17, 15) is 0 Å². The van der Waals surface area contributed by atoms with Crippen molar-refractivity contribution >= 4 is 0 Å². The Kier molecular flexibility index (Phi) is 8.50. The molecule has 0 bridgehead atoms. The van der Waals surface area contributed by atoms with E-state index in [1.165, 1.54) is 47.2 Å². The van der Waals surface area contributed by atoms with Crippen LogP contribution in [0.4, 0.5) is 0 Å². The molecule has 0 fully saturated rings. The van der Waals surface area contributed by atoms with E-state index in [2.05, 4.69) is 86.4 Å². The molecular weight excluding hydrogens is 366 g/mol. The van der Waals surface area contributed by atoms with Crippen LogP contribution in [0.5, 0.6) is 5.75 Å². The van der Waals surface area contributed by atoms with Gasteiger partial charge in [0.05, 0.1) is 6.61 Å².